The summed E-state index contributed by atoms with van der Waals surface area (Å²) in [5, 5.41) is 96.8. The maximum absolute atomic E-state index is 12.7. The molecule has 5 aliphatic heterocycles. The van der Waals surface area contributed by atoms with Gasteiger partial charge in [-0.3, -0.25) is 14.2 Å². The summed E-state index contributed by atoms with van der Waals surface area (Å²) >= 11 is 1.32. The van der Waals surface area contributed by atoms with E-state index in [2.05, 4.69) is 32.5 Å². The highest BCUT2D eigenvalue weighted by atomic mass is 32.2. The van der Waals surface area contributed by atoms with E-state index in [4.69, 9.17) is 48.4 Å². The van der Waals surface area contributed by atoms with Gasteiger partial charge in [0.05, 0.1) is 67.4 Å². The largest absolute Gasteiger partial charge is 0.480 e. The van der Waals surface area contributed by atoms with Gasteiger partial charge in [-0.15, -0.1) is 0 Å². The molecule has 2 aromatic heterocycles. The molecule has 2 amide bonds. The number of ether oxygens (including phenoxy) is 9. The Hall–Kier alpha value is -4.28. The molecule has 0 bridgehead atoms. The first-order chi connectivity index (χ1) is 45.8. The Morgan fingerprint density at radius 3 is 2.26 bits per heavy atom. The van der Waals surface area contributed by atoms with Crippen molar-refractivity contribution in [3.63, 3.8) is 0 Å². The van der Waals surface area contributed by atoms with Crippen LogP contribution in [0.2, 0.25) is 0 Å². The van der Waals surface area contributed by atoms with Crippen LogP contribution in [0.3, 0.4) is 0 Å². The van der Waals surface area contributed by atoms with Crippen LogP contribution in [-0.2, 0) is 61.8 Å². The number of aromatic nitrogens is 4. The van der Waals surface area contributed by atoms with Gasteiger partial charge in [0.15, 0.2) is 36.1 Å². The van der Waals surface area contributed by atoms with Crippen molar-refractivity contribution in [1.82, 2.24) is 30.2 Å². The Labute approximate surface area is 564 Å². The van der Waals surface area contributed by atoms with Gasteiger partial charge in [-0.2, -0.15) is 11.8 Å². The number of unbranched alkanes of at least 4 members (excludes halogenated alkanes) is 4. The molecular formula is C67H103N7O21S. The molecule has 4 saturated heterocycles. The third kappa shape index (κ3) is 15.3. The number of nitrogens with zero attached hydrogens (tertiary/aromatic N) is 4. The lowest BCUT2D eigenvalue weighted by atomic mass is 9.42. The first-order valence-electron chi connectivity index (χ1n) is 35.0. The van der Waals surface area contributed by atoms with E-state index in [1.54, 1.807) is 26.8 Å². The number of amides is 2. The monoisotopic (exact) mass is 1370 g/mol. The molecule has 25 atom stereocenters. The van der Waals surface area contributed by atoms with E-state index in [1.165, 1.54) is 29.0 Å². The number of nitrogen functional groups attached to an aromatic ring is 1. The van der Waals surface area contributed by atoms with E-state index in [9.17, 15) is 60.0 Å². The van der Waals surface area contributed by atoms with Crippen molar-refractivity contribution in [2.75, 3.05) is 43.6 Å². The number of fused-ring (bicyclic) bond motifs is 6. The first-order valence-corrected chi connectivity index (χ1v) is 36.2. The van der Waals surface area contributed by atoms with Gasteiger partial charge in [0.2, 0.25) is 11.8 Å². The lowest BCUT2D eigenvalue weighted by Gasteiger charge is -2.65. The van der Waals surface area contributed by atoms with Gasteiger partial charge >= 0.3 is 11.9 Å². The van der Waals surface area contributed by atoms with E-state index >= 15 is 0 Å². The number of esters is 1. The molecule has 538 valence electrons. The van der Waals surface area contributed by atoms with Crippen LogP contribution < -0.4 is 16.4 Å². The normalized spacial score (nSPS) is 41.0. The summed E-state index contributed by atoms with van der Waals surface area (Å²) in [4.78, 5) is 61.6. The number of nitrogens with two attached hydrogens (primary N) is 1. The van der Waals surface area contributed by atoms with Crippen LogP contribution in [0, 0.1) is 34.5 Å². The minimum atomic E-state index is -1.91. The molecule has 0 radical (unpaired) electrons. The van der Waals surface area contributed by atoms with Crippen LogP contribution in [0.1, 0.15) is 169 Å². The Morgan fingerprint density at radius 2 is 1.53 bits per heavy atom. The molecule has 12 N–H and O–H groups in total. The third-order valence-electron chi connectivity index (χ3n) is 23.2. The van der Waals surface area contributed by atoms with Crippen molar-refractivity contribution in [3.8, 4) is 0 Å². The number of anilines is 1. The molecule has 0 spiro atoms. The van der Waals surface area contributed by atoms with E-state index in [0.717, 1.165) is 37.7 Å². The average Bonchev–Trinajstić information content (AvgIpc) is 1.40. The maximum atomic E-state index is 12.7. The number of carbonyl (C=O) groups excluding carboxylic acids is 3. The molecule has 29 heteroatoms. The van der Waals surface area contributed by atoms with Gasteiger partial charge in [0.1, 0.15) is 55.0 Å². The molecular weight excluding hydrogens is 1270 g/mol. The Kier molecular flexibility index (Phi) is 23.5. The fourth-order valence-corrected chi connectivity index (χ4v) is 18.9. The second-order valence-electron chi connectivity index (χ2n) is 29.1. The minimum Gasteiger partial charge on any atom is -0.480 e. The first kappa shape index (κ1) is 73.0. The molecule has 2 aromatic rings. The number of carboxylic acid groups (broad SMARTS) is 1. The number of aliphatic hydroxyl groups is 7. The highest BCUT2D eigenvalue weighted by Gasteiger charge is 2.71. The number of carboxylic acids is 1. The summed E-state index contributed by atoms with van der Waals surface area (Å²) in [5.74, 6) is -2.81. The lowest BCUT2D eigenvalue weighted by Crippen LogP contribution is -2.67. The lowest BCUT2D eigenvalue weighted by molar-refractivity contribution is -0.386. The quantitative estimate of drug-likeness (QED) is 0.0252. The number of hydrogen-bond donors (Lipinski definition) is 11. The summed E-state index contributed by atoms with van der Waals surface area (Å²) < 4.78 is 57.0. The van der Waals surface area contributed by atoms with Gasteiger partial charge in [-0.05, 0) is 145 Å². The van der Waals surface area contributed by atoms with Gasteiger partial charge in [-0.1, -0.05) is 26.7 Å². The molecule has 7 heterocycles. The number of hydrogen-bond acceptors (Lipinski definition) is 25. The van der Waals surface area contributed by atoms with Crippen LogP contribution in [0.5, 0.6) is 0 Å². The van der Waals surface area contributed by atoms with Gasteiger partial charge < -0.3 is 99.9 Å². The summed E-state index contributed by atoms with van der Waals surface area (Å²) in [5.41, 5.74) is 5.50. The van der Waals surface area contributed by atoms with Crippen molar-refractivity contribution < 1.29 is 103 Å². The zero-order valence-corrected chi connectivity index (χ0v) is 56.7. The van der Waals surface area contributed by atoms with E-state index in [1.807, 2.05) is 6.92 Å². The number of carbonyl (C=O) groups is 4. The van der Waals surface area contributed by atoms with Crippen molar-refractivity contribution in [1.29, 1.82) is 0 Å². The van der Waals surface area contributed by atoms with Crippen LogP contribution in [0.4, 0.5) is 5.82 Å². The summed E-state index contributed by atoms with van der Waals surface area (Å²) in [7, 11) is 0. The molecule has 8 fully saturated rings. The van der Waals surface area contributed by atoms with Gasteiger partial charge in [0, 0.05) is 62.5 Å². The molecule has 96 heavy (non-hydrogen) atoms. The Balaban J connectivity index is 0.535. The van der Waals surface area contributed by atoms with Crippen LogP contribution in [0.15, 0.2) is 24.3 Å². The third-order valence-corrected chi connectivity index (χ3v) is 24.3. The van der Waals surface area contributed by atoms with Gasteiger partial charge in [0.25, 0.3) is 0 Å². The van der Waals surface area contributed by atoms with Crippen molar-refractivity contribution in [2.24, 2.45) is 34.5 Å². The van der Waals surface area contributed by atoms with E-state index in [-0.39, 0.29) is 98.0 Å². The number of imidazole rings is 1. The van der Waals surface area contributed by atoms with E-state index < -0.39 is 127 Å². The van der Waals surface area contributed by atoms with Gasteiger partial charge in [-0.25, -0.2) is 24.5 Å². The number of cyclic esters (lactones) is 1. The second kappa shape index (κ2) is 30.9. The number of thioether (sulfide) groups is 1. The van der Waals surface area contributed by atoms with Crippen molar-refractivity contribution in [2.45, 2.75) is 279 Å². The number of aliphatic carboxylic acids is 1. The summed E-state index contributed by atoms with van der Waals surface area (Å²) in [6.45, 7) is 10.9. The number of aliphatic hydroxyl groups excluding tert-OH is 5. The predicted octanol–water partition coefficient (Wildman–Crippen LogP) is 3.22. The van der Waals surface area contributed by atoms with Crippen molar-refractivity contribution in [3.05, 3.63) is 24.3 Å². The fourth-order valence-electron chi connectivity index (χ4n) is 17.8. The Bertz CT molecular complexity index is 3020. The minimum absolute atomic E-state index is 0.0320. The molecule has 4 aliphatic carbocycles. The molecule has 0 aromatic carbocycles. The van der Waals surface area contributed by atoms with Crippen molar-refractivity contribution >= 4 is 52.5 Å². The average molecular weight is 1370 g/mol. The Morgan fingerprint density at radius 1 is 0.802 bits per heavy atom. The van der Waals surface area contributed by atoms with Crippen LogP contribution in [-0.4, -0.2) is 231 Å². The molecule has 9 aliphatic rings. The van der Waals surface area contributed by atoms with Crippen LogP contribution >= 0.6 is 11.8 Å². The highest BCUT2D eigenvalue weighted by Crippen LogP contribution is 2.70. The molecule has 3 unspecified atom stereocenters. The van der Waals surface area contributed by atoms with Crippen LogP contribution in [0.25, 0.3) is 11.2 Å². The smallest absolute Gasteiger partial charge is 0.331 e. The zero-order valence-electron chi connectivity index (χ0n) is 55.9. The summed E-state index contributed by atoms with van der Waals surface area (Å²) in [6.07, 6.45) is 1.57. The highest BCUT2D eigenvalue weighted by molar-refractivity contribution is 7.99. The fraction of sp³-hybridized carbons (Fsp3) is 0.836. The zero-order chi connectivity index (χ0) is 68.4. The maximum Gasteiger partial charge on any atom is 0.331 e. The molecule has 28 nitrogen and oxygen atoms in total. The SMILES string of the molecule is C[C@H]1OC(O[C@@H]2[C@@H](C)OCC[C@@]2(O)O[C@H]2[C@@H](O)CC(O[C@@H]3CC[C@@]4(C)[C@H](CCC5[C@@H]4C[C@@H](O)[C@]4(C)[C@@H](C6=CC(=O)OC6)CC[C@]54O)C3)O[C@@H]2C)C[C@H](O)[C@@H]1OCCCCCC(=O)NCCCCCC(=O)N[C@@H](CCSC[C@H]1O[C@@H](n2cnc3c(N)ncnc32)[C@H](O)[C@@H]1O)C(=O)O. The number of nitrogens with one attached hydrogen (secondary N) is 2. The topological polar surface area (TPSA) is 407 Å². The van der Waals surface area contributed by atoms with E-state index in [0.29, 0.717) is 100 Å². The molecule has 11 rings (SSSR count). The second-order valence-corrected chi connectivity index (χ2v) is 30.3. The summed E-state index contributed by atoms with van der Waals surface area (Å²) in [6, 6.07) is -1.11. The standard InChI is InChI=1S/C67H103N7O21S/c1-35-57(88-23-11-7-9-12-49(78)69-22-10-6-8-13-50(79)73-44(63(83)84)18-25-96-32-47-55(81)56(82)62(93-47)74-34-72-54-60(68)70-33-71-61(54)74)45(75)29-53(90-35)94-59-37(3)87-24-21-67(59,86)95-58-36(2)91-52(30-46(58)76)92-40-16-19-64(4)39(27-40)14-15-42-43(64)28-48(77)65(5)41(17-20-66(42,65)85)38-26-51(80)89-31-38/h26,33-37,39-48,52-53,55-59,62,75-77,81-82,85-86H,6-25,27-32H2,1-5H3,(H,69,78)(H,73,79)(H,83,84)(H2,68,70,71)/t35-,36-,37-,39-,40-,41-,42?,43+,44+,45+,46+,47-,48-,52?,53?,55-,56-,57-,58-,59-,62-,64+,65+,66+,67-/m1/s1. The molecule has 4 saturated carbocycles. The number of rotatable bonds is 28. The predicted molar refractivity (Wildman–Crippen MR) is 343 cm³/mol.